The Hall–Kier alpha value is -4.09. The van der Waals surface area contributed by atoms with Gasteiger partial charge in [-0.25, -0.2) is 14.4 Å². The fourth-order valence-electron chi connectivity index (χ4n) is 3.02. The maximum absolute atomic E-state index is 13.1. The zero-order chi connectivity index (χ0) is 28.0. The Bertz CT molecular complexity index is 1350. The van der Waals surface area contributed by atoms with Gasteiger partial charge in [-0.15, -0.1) is 0 Å². The van der Waals surface area contributed by atoms with Crippen LogP contribution in [0.5, 0.6) is 0 Å². The minimum atomic E-state index is -4.74. The van der Waals surface area contributed by atoms with Gasteiger partial charge in [0.05, 0.1) is 16.7 Å². The summed E-state index contributed by atoms with van der Waals surface area (Å²) in [5.41, 5.74) is -1.76. The van der Waals surface area contributed by atoms with Gasteiger partial charge in [-0.1, -0.05) is 29.3 Å². The molecule has 0 aliphatic carbocycles. The van der Waals surface area contributed by atoms with E-state index in [9.17, 15) is 37.5 Å². The number of amides is 1. The number of carboxylic acids is 1. The van der Waals surface area contributed by atoms with Gasteiger partial charge in [-0.05, 0) is 66.7 Å². The maximum Gasteiger partial charge on any atom is 0.416 e. The van der Waals surface area contributed by atoms with Crippen LogP contribution in [0.25, 0.3) is 0 Å². The van der Waals surface area contributed by atoms with Crippen molar-refractivity contribution in [2.75, 3.05) is 5.32 Å². The van der Waals surface area contributed by atoms with Gasteiger partial charge in [0, 0.05) is 15.7 Å². The molecule has 0 aliphatic rings. The van der Waals surface area contributed by atoms with E-state index >= 15 is 0 Å². The molecule has 8 nitrogen and oxygen atoms in total. The minimum absolute atomic E-state index is 0.137. The molecule has 1 amide bonds. The van der Waals surface area contributed by atoms with Gasteiger partial charge in [0.1, 0.15) is 0 Å². The lowest BCUT2D eigenvalue weighted by Gasteiger charge is -2.23. The van der Waals surface area contributed by atoms with E-state index in [4.69, 9.17) is 32.7 Å². The third-order valence-electron chi connectivity index (χ3n) is 4.86. The highest BCUT2D eigenvalue weighted by atomic mass is 35.5. The molecule has 3 rings (SSSR count). The molecule has 38 heavy (non-hydrogen) atoms. The molecule has 0 heterocycles. The van der Waals surface area contributed by atoms with Gasteiger partial charge in [0.15, 0.2) is 0 Å². The summed E-state index contributed by atoms with van der Waals surface area (Å²) in [4.78, 5) is 50.3. The molecule has 0 aromatic heterocycles. The average molecular weight is 570 g/mol. The second-order valence-corrected chi connectivity index (χ2v) is 8.44. The Balaban J connectivity index is 1.93. The molecule has 0 bridgehead atoms. The van der Waals surface area contributed by atoms with Crippen LogP contribution in [0.4, 0.5) is 18.9 Å². The van der Waals surface area contributed by atoms with Gasteiger partial charge < -0.3 is 19.9 Å². The number of nitrogens with one attached hydrogen (secondary N) is 1. The molecule has 0 aliphatic heterocycles. The first kappa shape index (κ1) is 28.5. The van der Waals surface area contributed by atoms with Crippen molar-refractivity contribution < 1.29 is 46.9 Å². The molecular weight excluding hydrogens is 554 g/mol. The summed E-state index contributed by atoms with van der Waals surface area (Å²) in [6.07, 6.45) is -9.44. The van der Waals surface area contributed by atoms with E-state index in [1.54, 1.807) is 0 Å². The maximum atomic E-state index is 13.1. The number of carboxylic acid groups (broad SMARTS) is 1. The van der Waals surface area contributed by atoms with Gasteiger partial charge in [-0.3, -0.25) is 4.79 Å². The van der Waals surface area contributed by atoms with Crippen LogP contribution in [0, 0.1) is 0 Å². The second-order valence-electron chi connectivity index (χ2n) is 7.57. The lowest BCUT2D eigenvalue weighted by Crippen LogP contribution is -2.48. The quantitative estimate of drug-likeness (QED) is 0.344. The number of halogens is 5. The lowest BCUT2D eigenvalue weighted by atomic mass is 10.1. The van der Waals surface area contributed by atoms with Crippen LogP contribution in [0.15, 0.2) is 72.8 Å². The van der Waals surface area contributed by atoms with Gasteiger partial charge in [0.2, 0.25) is 12.2 Å². The monoisotopic (exact) mass is 569 g/mol. The number of aliphatic carboxylic acids is 1. The molecule has 0 radical (unpaired) electrons. The molecule has 0 saturated carbocycles. The number of benzene rings is 3. The van der Waals surface area contributed by atoms with Crippen molar-refractivity contribution in [3.63, 3.8) is 0 Å². The van der Waals surface area contributed by atoms with Crippen LogP contribution >= 0.6 is 23.2 Å². The molecular formula is C25H16Cl2F3NO7. The lowest BCUT2D eigenvalue weighted by molar-refractivity contribution is -0.157. The Kier molecular flexibility index (Phi) is 8.97. The summed E-state index contributed by atoms with van der Waals surface area (Å²) in [5.74, 6) is -5.64. The van der Waals surface area contributed by atoms with Crippen LogP contribution in [-0.4, -0.2) is 41.1 Å². The van der Waals surface area contributed by atoms with Crippen LogP contribution in [0.1, 0.15) is 26.3 Å². The van der Waals surface area contributed by atoms with Crippen LogP contribution in [-0.2, 0) is 25.2 Å². The van der Waals surface area contributed by atoms with Crippen molar-refractivity contribution in [3.05, 3.63) is 99.5 Å². The van der Waals surface area contributed by atoms with Gasteiger partial charge in [0.25, 0.3) is 5.91 Å². The summed E-state index contributed by atoms with van der Waals surface area (Å²) < 4.78 is 49.3. The van der Waals surface area contributed by atoms with Crippen molar-refractivity contribution in [1.82, 2.24) is 0 Å². The third-order valence-corrected chi connectivity index (χ3v) is 5.37. The predicted molar refractivity (Wildman–Crippen MR) is 129 cm³/mol. The molecule has 0 fully saturated rings. The number of hydrogen-bond acceptors (Lipinski definition) is 6. The molecule has 3 aromatic rings. The minimum Gasteiger partial charge on any atom is -0.478 e. The number of hydrogen-bond donors (Lipinski definition) is 2. The Labute approximate surface area is 222 Å². The van der Waals surface area contributed by atoms with E-state index in [1.165, 1.54) is 48.5 Å². The van der Waals surface area contributed by atoms with Crippen LogP contribution in [0.3, 0.4) is 0 Å². The first-order chi connectivity index (χ1) is 17.8. The van der Waals surface area contributed by atoms with E-state index in [0.29, 0.717) is 6.07 Å². The van der Waals surface area contributed by atoms with Gasteiger partial charge in [-0.2, -0.15) is 13.2 Å². The largest absolute Gasteiger partial charge is 0.478 e. The first-order valence-corrected chi connectivity index (χ1v) is 11.2. The highest BCUT2D eigenvalue weighted by molar-refractivity contribution is 6.31. The summed E-state index contributed by atoms with van der Waals surface area (Å²) in [6, 6.07) is 13.6. The second kappa shape index (κ2) is 12.0. The highest BCUT2D eigenvalue weighted by Gasteiger charge is 2.41. The van der Waals surface area contributed by atoms with Crippen molar-refractivity contribution in [1.29, 1.82) is 0 Å². The average Bonchev–Trinajstić information content (AvgIpc) is 2.86. The Morgan fingerprint density at radius 2 is 1.24 bits per heavy atom. The highest BCUT2D eigenvalue weighted by Crippen LogP contribution is 2.31. The summed E-state index contributed by atoms with van der Waals surface area (Å²) in [6.45, 7) is 0. The number of ether oxygens (including phenoxy) is 2. The zero-order valence-corrected chi connectivity index (χ0v) is 20.4. The number of carbonyl (C=O) groups excluding carboxylic acids is 3. The zero-order valence-electron chi connectivity index (χ0n) is 18.9. The third kappa shape index (κ3) is 7.46. The molecule has 0 spiro atoms. The van der Waals surface area contributed by atoms with Gasteiger partial charge >= 0.3 is 24.1 Å². The number of esters is 2. The normalized spacial score (nSPS) is 12.7. The Morgan fingerprint density at radius 1 is 0.763 bits per heavy atom. The number of carbonyl (C=O) groups is 4. The standard InChI is InChI=1S/C25H16Cl2F3NO7/c26-16-8-4-13(5-9-16)23(35)37-19(21(32)31-18-3-1-2-15(12-18)25(28,29)30)20(22(33)34)38-24(36)14-6-10-17(27)11-7-14/h1-12,19-20H,(H,31,32)(H,33,34)/t19-,20+/m0/s1. The number of anilines is 1. The molecule has 2 atom stereocenters. The van der Waals surface area contributed by atoms with E-state index < -0.39 is 47.8 Å². The van der Waals surface area contributed by atoms with Crippen molar-refractivity contribution in [2.45, 2.75) is 18.4 Å². The molecule has 13 heteroatoms. The fraction of sp³-hybridized carbons (Fsp3) is 0.120. The Morgan fingerprint density at radius 3 is 1.68 bits per heavy atom. The predicted octanol–water partition coefficient (Wildman–Crippen LogP) is 5.49. The van der Waals surface area contributed by atoms with Crippen LogP contribution < -0.4 is 5.32 Å². The number of alkyl halides is 3. The summed E-state index contributed by atoms with van der Waals surface area (Å²) in [5, 5.41) is 12.3. The summed E-state index contributed by atoms with van der Waals surface area (Å²) >= 11 is 11.6. The van der Waals surface area contributed by atoms with E-state index in [1.807, 2.05) is 0 Å². The topological polar surface area (TPSA) is 119 Å². The SMILES string of the molecule is O=C(O[C@H](C(=O)Nc1cccc(C(F)(F)F)c1)[C@@H](OC(=O)c1ccc(Cl)cc1)C(=O)O)c1ccc(Cl)cc1. The molecule has 198 valence electrons. The van der Waals surface area contributed by atoms with Crippen molar-refractivity contribution in [2.24, 2.45) is 0 Å². The van der Waals surface area contributed by atoms with Crippen LogP contribution in [0.2, 0.25) is 10.0 Å². The van der Waals surface area contributed by atoms with Crippen molar-refractivity contribution in [3.8, 4) is 0 Å². The molecule has 3 aromatic carbocycles. The smallest absolute Gasteiger partial charge is 0.416 e. The fourth-order valence-corrected chi connectivity index (χ4v) is 3.27. The van der Waals surface area contributed by atoms with E-state index in [0.717, 1.165) is 18.2 Å². The summed E-state index contributed by atoms with van der Waals surface area (Å²) in [7, 11) is 0. The van der Waals surface area contributed by atoms with E-state index in [2.05, 4.69) is 5.32 Å². The number of rotatable bonds is 8. The first-order valence-electron chi connectivity index (χ1n) is 10.5. The molecule has 2 N–H and O–H groups in total. The molecule has 0 saturated heterocycles. The van der Waals surface area contributed by atoms with E-state index in [-0.39, 0.29) is 26.9 Å². The van der Waals surface area contributed by atoms with Crippen molar-refractivity contribution >= 4 is 52.7 Å². The molecule has 0 unspecified atom stereocenters.